The van der Waals surface area contributed by atoms with E-state index in [1.807, 2.05) is 41.4 Å². The number of amides is 1. The van der Waals surface area contributed by atoms with Gasteiger partial charge in [-0.05, 0) is 71.3 Å². The Morgan fingerprint density at radius 3 is 2.86 bits per heavy atom. The number of benzene rings is 2. The molecule has 3 N–H and O–H groups in total. The summed E-state index contributed by atoms with van der Waals surface area (Å²) in [5.41, 5.74) is 12.0. The second kappa shape index (κ2) is 10.2. The maximum Gasteiger partial charge on any atom is 0.250 e. The Morgan fingerprint density at radius 1 is 1.19 bits per heavy atom. The molecular formula is C28H30ClN5O2. The number of pyridine rings is 1. The Labute approximate surface area is 215 Å². The standard InChI is InChI=1S/C28H30ClN5O2/c1-18(35)33-9-3-5-20(16-33)13-31-25-12-22(11-23-14-32-28(30)27(23)25)21-7-8-26(36)34(17-21)15-19-4-2-6-24(29)10-19/h2,4,6-8,10-12,17,20,31H,3,5,9,13-16H2,1H3,(H2,30,32). The van der Waals surface area contributed by atoms with Gasteiger partial charge in [0, 0.05) is 55.1 Å². The minimum absolute atomic E-state index is 0.0712. The summed E-state index contributed by atoms with van der Waals surface area (Å²) < 4.78 is 1.70. The Kier molecular flexibility index (Phi) is 6.83. The van der Waals surface area contributed by atoms with Gasteiger partial charge in [-0.2, -0.15) is 0 Å². The number of halogens is 1. The summed E-state index contributed by atoms with van der Waals surface area (Å²) in [6.07, 6.45) is 3.98. The number of likely N-dealkylation sites (tertiary alicyclic amines) is 1. The van der Waals surface area contributed by atoms with Gasteiger partial charge in [0.25, 0.3) is 5.56 Å². The van der Waals surface area contributed by atoms with Crippen molar-refractivity contribution >= 4 is 29.0 Å². The van der Waals surface area contributed by atoms with Crippen LogP contribution in [0, 0.1) is 5.92 Å². The van der Waals surface area contributed by atoms with Gasteiger partial charge in [-0.25, -0.2) is 0 Å². The number of carbonyl (C=O) groups is 1. The molecule has 1 unspecified atom stereocenters. The van der Waals surface area contributed by atoms with E-state index in [0.29, 0.717) is 29.9 Å². The number of piperidine rings is 1. The van der Waals surface area contributed by atoms with Crippen molar-refractivity contribution in [2.24, 2.45) is 16.6 Å². The Balaban J connectivity index is 1.42. The first-order valence-corrected chi connectivity index (χ1v) is 12.7. The van der Waals surface area contributed by atoms with E-state index in [1.54, 1.807) is 17.6 Å². The van der Waals surface area contributed by atoms with Crippen LogP contribution in [0.5, 0.6) is 0 Å². The molecule has 3 aromatic rings. The van der Waals surface area contributed by atoms with Gasteiger partial charge in [0.15, 0.2) is 0 Å². The average Bonchev–Trinajstić information content (AvgIpc) is 3.25. The van der Waals surface area contributed by atoms with E-state index < -0.39 is 0 Å². The number of nitrogens with one attached hydrogen (secondary N) is 1. The molecule has 0 aliphatic carbocycles. The quantitative estimate of drug-likeness (QED) is 0.529. The van der Waals surface area contributed by atoms with E-state index in [0.717, 1.165) is 66.0 Å². The molecule has 8 heteroatoms. The fourth-order valence-electron chi connectivity index (χ4n) is 5.11. The van der Waals surface area contributed by atoms with Crippen LogP contribution in [0.4, 0.5) is 5.69 Å². The number of carbonyl (C=O) groups excluding carboxylic acids is 1. The lowest BCUT2D eigenvalue weighted by Crippen LogP contribution is -2.40. The highest BCUT2D eigenvalue weighted by Gasteiger charge is 2.24. The van der Waals surface area contributed by atoms with Crippen LogP contribution in [-0.2, 0) is 17.9 Å². The zero-order chi connectivity index (χ0) is 25.2. The van der Waals surface area contributed by atoms with E-state index in [2.05, 4.69) is 22.4 Å². The molecule has 1 atom stereocenters. The molecule has 36 heavy (non-hydrogen) atoms. The third-order valence-corrected chi connectivity index (χ3v) is 7.24. The lowest BCUT2D eigenvalue weighted by atomic mass is 9.96. The van der Waals surface area contributed by atoms with Gasteiger partial charge in [-0.1, -0.05) is 23.7 Å². The second-order valence-electron chi connectivity index (χ2n) is 9.63. The fraction of sp³-hybridized carbons (Fsp3) is 0.321. The minimum atomic E-state index is -0.0712. The number of amidine groups is 1. The molecule has 3 heterocycles. The monoisotopic (exact) mass is 503 g/mol. The number of hydrogen-bond donors (Lipinski definition) is 2. The van der Waals surface area contributed by atoms with Crippen LogP contribution in [0.2, 0.25) is 5.02 Å². The topological polar surface area (TPSA) is 92.7 Å². The Morgan fingerprint density at radius 2 is 2.06 bits per heavy atom. The van der Waals surface area contributed by atoms with E-state index in [9.17, 15) is 9.59 Å². The first-order valence-electron chi connectivity index (χ1n) is 12.3. The van der Waals surface area contributed by atoms with E-state index >= 15 is 0 Å². The zero-order valence-corrected chi connectivity index (χ0v) is 21.1. The molecule has 0 spiro atoms. The molecule has 1 aromatic heterocycles. The minimum Gasteiger partial charge on any atom is -0.384 e. The maximum atomic E-state index is 12.6. The lowest BCUT2D eigenvalue weighted by molar-refractivity contribution is -0.130. The normalized spacial score (nSPS) is 17.0. The van der Waals surface area contributed by atoms with Crippen LogP contribution in [-0.4, -0.2) is 40.8 Å². The first kappa shape index (κ1) is 24.1. The predicted octanol–water partition coefficient (Wildman–Crippen LogP) is 4.11. The number of aromatic nitrogens is 1. The summed E-state index contributed by atoms with van der Waals surface area (Å²) in [6.45, 7) is 4.96. The third-order valence-electron chi connectivity index (χ3n) is 7.00. The number of hydrogen-bond acceptors (Lipinski definition) is 5. The van der Waals surface area contributed by atoms with Crippen molar-refractivity contribution < 1.29 is 4.79 Å². The number of fused-ring (bicyclic) bond motifs is 1. The fourth-order valence-corrected chi connectivity index (χ4v) is 5.33. The maximum absolute atomic E-state index is 12.6. The molecule has 1 amide bonds. The van der Waals surface area contributed by atoms with Crippen molar-refractivity contribution in [3.05, 3.63) is 86.8 Å². The first-order chi connectivity index (χ1) is 17.4. The number of rotatable bonds is 6. The van der Waals surface area contributed by atoms with E-state index in [4.69, 9.17) is 17.3 Å². The van der Waals surface area contributed by atoms with Crippen molar-refractivity contribution in [2.45, 2.75) is 32.9 Å². The summed E-state index contributed by atoms with van der Waals surface area (Å²) in [6, 6.07) is 15.2. The molecule has 0 bridgehead atoms. The molecule has 5 rings (SSSR count). The lowest BCUT2D eigenvalue weighted by Gasteiger charge is -2.32. The van der Waals surface area contributed by atoms with Crippen molar-refractivity contribution in [2.75, 3.05) is 25.0 Å². The number of anilines is 1. The predicted molar refractivity (Wildman–Crippen MR) is 145 cm³/mol. The SMILES string of the molecule is CC(=O)N1CCCC(CNc2cc(-c3ccc(=O)n(Cc4cccc(Cl)c4)c3)cc3c2C(N)=NC3)C1. The average molecular weight is 504 g/mol. The molecule has 2 aliphatic rings. The van der Waals surface area contributed by atoms with Gasteiger partial charge in [0.1, 0.15) is 5.84 Å². The second-order valence-corrected chi connectivity index (χ2v) is 10.1. The molecule has 0 saturated carbocycles. The highest BCUT2D eigenvalue weighted by molar-refractivity contribution is 6.30. The highest BCUT2D eigenvalue weighted by Crippen LogP contribution is 2.32. The van der Waals surface area contributed by atoms with Crippen LogP contribution in [0.3, 0.4) is 0 Å². The van der Waals surface area contributed by atoms with Crippen molar-refractivity contribution in [1.82, 2.24) is 9.47 Å². The molecule has 7 nitrogen and oxygen atoms in total. The largest absolute Gasteiger partial charge is 0.384 e. The third kappa shape index (κ3) is 5.16. The van der Waals surface area contributed by atoms with Crippen molar-refractivity contribution in [3.8, 4) is 11.1 Å². The Hall–Kier alpha value is -3.58. The van der Waals surface area contributed by atoms with Crippen LogP contribution < -0.4 is 16.6 Å². The number of nitrogens with two attached hydrogens (primary N) is 1. The number of aliphatic imine (C=N–C) groups is 1. The molecule has 1 saturated heterocycles. The molecule has 0 radical (unpaired) electrons. The summed E-state index contributed by atoms with van der Waals surface area (Å²) in [4.78, 5) is 30.8. The molecule has 2 aliphatic heterocycles. The Bertz CT molecular complexity index is 1400. The van der Waals surface area contributed by atoms with Crippen molar-refractivity contribution in [1.29, 1.82) is 0 Å². The van der Waals surface area contributed by atoms with Gasteiger partial charge < -0.3 is 20.5 Å². The summed E-state index contributed by atoms with van der Waals surface area (Å²) >= 11 is 6.14. The van der Waals surface area contributed by atoms with Gasteiger partial charge in [0.2, 0.25) is 5.91 Å². The summed E-state index contributed by atoms with van der Waals surface area (Å²) in [5.74, 6) is 1.05. The van der Waals surface area contributed by atoms with E-state index in [1.165, 1.54) is 0 Å². The molecule has 1 fully saturated rings. The highest BCUT2D eigenvalue weighted by atomic mass is 35.5. The molecule has 186 valence electrons. The van der Waals surface area contributed by atoms with Crippen LogP contribution >= 0.6 is 11.6 Å². The summed E-state index contributed by atoms with van der Waals surface area (Å²) in [5, 5.41) is 4.25. The van der Waals surface area contributed by atoms with Gasteiger partial charge in [-0.3, -0.25) is 14.6 Å². The van der Waals surface area contributed by atoms with Crippen LogP contribution in [0.1, 0.15) is 36.5 Å². The molecular weight excluding hydrogens is 474 g/mol. The van der Waals surface area contributed by atoms with Crippen LogP contribution in [0.15, 0.2) is 64.5 Å². The number of nitrogens with zero attached hydrogens (tertiary/aromatic N) is 3. The molecule has 2 aromatic carbocycles. The van der Waals surface area contributed by atoms with Crippen LogP contribution in [0.25, 0.3) is 11.1 Å². The van der Waals surface area contributed by atoms with Gasteiger partial charge in [0.05, 0.1) is 13.1 Å². The zero-order valence-electron chi connectivity index (χ0n) is 20.3. The summed E-state index contributed by atoms with van der Waals surface area (Å²) in [7, 11) is 0. The van der Waals surface area contributed by atoms with Gasteiger partial charge >= 0.3 is 0 Å². The van der Waals surface area contributed by atoms with E-state index in [-0.39, 0.29) is 11.5 Å². The smallest absolute Gasteiger partial charge is 0.250 e. The van der Waals surface area contributed by atoms with Crippen molar-refractivity contribution in [3.63, 3.8) is 0 Å². The van der Waals surface area contributed by atoms with Gasteiger partial charge in [-0.15, -0.1) is 0 Å².